The molecule has 0 saturated carbocycles. The van der Waals surface area contributed by atoms with E-state index in [4.69, 9.17) is 4.74 Å². The summed E-state index contributed by atoms with van der Waals surface area (Å²) >= 11 is 0. The Kier molecular flexibility index (Phi) is 4.99. The number of rotatable bonds is 5. The second-order valence-corrected chi connectivity index (χ2v) is 5.00. The number of aryl methyl sites for hydroxylation is 1. The van der Waals surface area contributed by atoms with E-state index >= 15 is 0 Å². The zero-order chi connectivity index (χ0) is 16.1. The minimum Gasteiger partial charge on any atom is -0.491 e. The van der Waals surface area contributed by atoms with Crippen LogP contribution in [0.15, 0.2) is 47.4 Å². The highest BCUT2D eigenvalue weighted by molar-refractivity contribution is 5.93. The van der Waals surface area contributed by atoms with Gasteiger partial charge < -0.3 is 14.6 Å². The number of carbonyl (C=O) groups excluding carboxylic acids is 1. The Hall–Kier alpha value is -2.56. The van der Waals surface area contributed by atoms with Gasteiger partial charge in [-0.25, -0.2) is 0 Å². The molecule has 0 bridgehead atoms. The molecular formula is C17H20N2O3. The molecule has 0 aliphatic rings. The fraction of sp³-hybridized carbons (Fsp3) is 0.294. The van der Waals surface area contributed by atoms with Crippen LogP contribution in [-0.2, 0) is 11.2 Å². The minimum atomic E-state index is -0.631. The first-order valence-electron chi connectivity index (χ1n) is 7.21. The molecule has 1 N–H and O–H groups in total. The van der Waals surface area contributed by atoms with E-state index in [1.54, 1.807) is 25.3 Å². The molecule has 5 heteroatoms. The van der Waals surface area contributed by atoms with Crippen molar-refractivity contribution in [3.63, 3.8) is 0 Å². The van der Waals surface area contributed by atoms with Crippen LogP contribution in [-0.4, -0.2) is 17.6 Å². The molecule has 22 heavy (non-hydrogen) atoms. The molecular weight excluding hydrogens is 280 g/mol. The second kappa shape index (κ2) is 6.93. The highest BCUT2D eigenvalue weighted by Crippen LogP contribution is 2.13. The van der Waals surface area contributed by atoms with E-state index in [0.29, 0.717) is 5.69 Å². The van der Waals surface area contributed by atoms with Crippen LogP contribution in [0.2, 0.25) is 0 Å². The van der Waals surface area contributed by atoms with Crippen molar-refractivity contribution < 1.29 is 9.53 Å². The van der Waals surface area contributed by atoms with Gasteiger partial charge in [-0.3, -0.25) is 9.59 Å². The van der Waals surface area contributed by atoms with Gasteiger partial charge in [0.05, 0.1) is 7.11 Å². The molecule has 1 unspecified atom stereocenters. The van der Waals surface area contributed by atoms with E-state index in [1.807, 2.05) is 24.3 Å². The average Bonchev–Trinajstić information content (AvgIpc) is 2.55. The lowest BCUT2D eigenvalue weighted by molar-refractivity contribution is -0.118. The van der Waals surface area contributed by atoms with Gasteiger partial charge in [-0.1, -0.05) is 19.1 Å². The van der Waals surface area contributed by atoms with Crippen molar-refractivity contribution in [3.8, 4) is 5.75 Å². The van der Waals surface area contributed by atoms with Crippen LogP contribution in [0.4, 0.5) is 5.69 Å². The normalized spacial score (nSPS) is 11.8. The lowest BCUT2D eigenvalue weighted by Crippen LogP contribution is -2.31. The number of aromatic nitrogens is 1. The van der Waals surface area contributed by atoms with E-state index in [1.165, 1.54) is 17.2 Å². The van der Waals surface area contributed by atoms with Gasteiger partial charge in [0.2, 0.25) is 5.91 Å². The molecule has 0 aliphatic carbocycles. The van der Waals surface area contributed by atoms with E-state index < -0.39 is 6.04 Å². The maximum Gasteiger partial charge on any atom is 0.293 e. The van der Waals surface area contributed by atoms with Crippen molar-refractivity contribution in [1.29, 1.82) is 0 Å². The summed E-state index contributed by atoms with van der Waals surface area (Å²) in [6.07, 6.45) is 2.53. The number of benzene rings is 1. The molecule has 5 nitrogen and oxygen atoms in total. The Morgan fingerprint density at radius 1 is 1.27 bits per heavy atom. The predicted molar refractivity (Wildman–Crippen MR) is 86.4 cm³/mol. The Morgan fingerprint density at radius 2 is 1.95 bits per heavy atom. The summed E-state index contributed by atoms with van der Waals surface area (Å²) in [5, 5.41) is 2.82. The van der Waals surface area contributed by atoms with Gasteiger partial charge in [0.25, 0.3) is 5.56 Å². The third kappa shape index (κ3) is 3.36. The molecule has 2 rings (SSSR count). The number of amides is 1. The molecule has 2 aromatic rings. The molecule has 1 amide bonds. The van der Waals surface area contributed by atoms with Gasteiger partial charge >= 0.3 is 0 Å². The first-order chi connectivity index (χ1) is 10.6. The van der Waals surface area contributed by atoms with Gasteiger partial charge in [0.15, 0.2) is 5.75 Å². The van der Waals surface area contributed by atoms with Gasteiger partial charge in [-0.05, 0) is 43.2 Å². The van der Waals surface area contributed by atoms with Crippen LogP contribution in [0.3, 0.4) is 0 Å². The molecule has 0 fully saturated rings. The van der Waals surface area contributed by atoms with Gasteiger partial charge in [-0.15, -0.1) is 0 Å². The molecule has 116 valence electrons. The maximum absolute atomic E-state index is 12.3. The lowest BCUT2D eigenvalue weighted by Gasteiger charge is -2.16. The first-order valence-corrected chi connectivity index (χ1v) is 7.21. The number of methoxy groups -OCH3 is 1. The van der Waals surface area contributed by atoms with Gasteiger partial charge in [0, 0.05) is 11.9 Å². The Bertz CT molecular complexity index is 705. The summed E-state index contributed by atoms with van der Waals surface area (Å²) < 4.78 is 6.35. The summed E-state index contributed by atoms with van der Waals surface area (Å²) in [5.74, 6) is -0.0333. The summed E-state index contributed by atoms with van der Waals surface area (Å²) in [5.41, 5.74) is 1.59. The van der Waals surface area contributed by atoms with Crippen LogP contribution >= 0.6 is 0 Å². The third-order valence-electron chi connectivity index (χ3n) is 3.59. The number of pyridine rings is 1. The number of anilines is 1. The maximum atomic E-state index is 12.3. The summed E-state index contributed by atoms with van der Waals surface area (Å²) in [6, 6.07) is 10.3. The molecule has 1 atom stereocenters. The number of nitrogens with one attached hydrogen (secondary N) is 1. The number of hydrogen-bond donors (Lipinski definition) is 1. The third-order valence-corrected chi connectivity index (χ3v) is 3.59. The second-order valence-electron chi connectivity index (χ2n) is 5.00. The van der Waals surface area contributed by atoms with Crippen molar-refractivity contribution in [3.05, 3.63) is 58.5 Å². The minimum absolute atomic E-state index is 0.217. The number of hydrogen-bond acceptors (Lipinski definition) is 3. The first kappa shape index (κ1) is 15.8. The molecule has 0 saturated heterocycles. The molecule has 0 aliphatic heterocycles. The fourth-order valence-corrected chi connectivity index (χ4v) is 2.15. The highest BCUT2D eigenvalue weighted by atomic mass is 16.5. The predicted octanol–water partition coefficient (Wildman–Crippen LogP) is 2.62. The summed E-state index contributed by atoms with van der Waals surface area (Å²) in [4.78, 5) is 24.4. The van der Waals surface area contributed by atoms with Crippen molar-refractivity contribution >= 4 is 11.6 Å². The van der Waals surface area contributed by atoms with Gasteiger partial charge in [-0.2, -0.15) is 0 Å². The SMILES string of the molecule is CCc1ccc(NC(=O)C(C)n2cccc(OC)c2=O)cc1. The number of nitrogens with zero attached hydrogens (tertiary/aromatic N) is 1. The monoisotopic (exact) mass is 300 g/mol. The average molecular weight is 300 g/mol. The summed E-state index contributed by atoms with van der Waals surface area (Å²) in [7, 11) is 1.43. The van der Waals surface area contributed by atoms with Crippen molar-refractivity contribution in [2.24, 2.45) is 0 Å². The van der Waals surface area contributed by atoms with Crippen LogP contribution in [0, 0.1) is 0 Å². The number of carbonyl (C=O) groups is 1. The largest absolute Gasteiger partial charge is 0.491 e. The topological polar surface area (TPSA) is 60.3 Å². The molecule has 0 spiro atoms. The fourth-order valence-electron chi connectivity index (χ4n) is 2.15. The van der Waals surface area contributed by atoms with Crippen LogP contribution in [0.5, 0.6) is 5.75 Å². The lowest BCUT2D eigenvalue weighted by atomic mass is 10.1. The zero-order valence-corrected chi connectivity index (χ0v) is 13.0. The van der Waals surface area contributed by atoms with Crippen LogP contribution < -0.4 is 15.6 Å². The van der Waals surface area contributed by atoms with E-state index in [0.717, 1.165) is 6.42 Å². The quantitative estimate of drug-likeness (QED) is 0.923. The molecule has 0 radical (unpaired) electrons. The van der Waals surface area contributed by atoms with E-state index in [9.17, 15) is 9.59 Å². The Morgan fingerprint density at radius 3 is 2.55 bits per heavy atom. The zero-order valence-electron chi connectivity index (χ0n) is 13.0. The standard InChI is InChI=1S/C17H20N2O3/c1-4-13-7-9-14(10-8-13)18-16(20)12(2)19-11-5-6-15(22-3)17(19)21/h5-12H,4H2,1-3H3,(H,18,20). The molecule has 1 aromatic carbocycles. The van der Waals surface area contributed by atoms with Crippen LogP contribution in [0.1, 0.15) is 25.5 Å². The van der Waals surface area contributed by atoms with E-state index in [2.05, 4.69) is 12.2 Å². The van der Waals surface area contributed by atoms with Crippen molar-refractivity contribution in [1.82, 2.24) is 4.57 Å². The smallest absolute Gasteiger partial charge is 0.293 e. The Balaban J connectivity index is 2.16. The van der Waals surface area contributed by atoms with Gasteiger partial charge in [0.1, 0.15) is 6.04 Å². The van der Waals surface area contributed by atoms with E-state index in [-0.39, 0.29) is 17.2 Å². The van der Waals surface area contributed by atoms with Crippen molar-refractivity contribution in [2.75, 3.05) is 12.4 Å². The number of ether oxygens (including phenoxy) is 1. The molecule has 1 aromatic heterocycles. The van der Waals surface area contributed by atoms with Crippen molar-refractivity contribution in [2.45, 2.75) is 26.3 Å². The Labute approximate surface area is 129 Å². The van der Waals surface area contributed by atoms with Crippen LogP contribution in [0.25, 0.3) is 0 Å². The highest BCUT2D eigenvalue weighted by Gasteiger charge is 2.17. The molecule has 1 heterocycles. The summed E-state index contributed by atoms with van der Waals surface area (Å²) in [6.45, 7) is 3.75.